The fourth-order valence-corrected chi connectivity index (χ4v) is 8.29. The molecule has 0 unspecified atom stereocenters. The number of hydrogen-bond acceptors (Lipinski definition) is 7. The van der Waals surface area contributed by atoms with Crippen molar-refractivity contribution < 1.29 is 18.4 Å². The van der Waals surface area contributed by atoms with Crippen LogP contribution < -0.4 is 9.64 Å². The number of methoxy groups -OCH3 is 1. The van der Waals surface area contributed by atoms with Gasteiger partial charge in [-0.1, -0.05) is 17.3 Å². The van der Waals surface area contributed by atoms with Crippen molar-refractivity contribution in [3.63, 3.8) is 0 Å². The summed E-state index contributed by atoms with van der Waals surface area (Å²) in [6, 6.07) is 7.96. The molecule has 8 nitrogen and oxygen atoms in total. The zero-order chi connectivity index (χ0) is 27.9. The van der Waals surface area contributed by atoms with Crippen molar-refractivity contribution in [1.29, 1.82) is 0 Å². The Balaban J connectivity index is 1.05. The highest BCUT2D eigenvalue weighted by Gasteiger charge is 2.69. The molecule has 1 amide bonds. The number of ether oxygens (including phenoxy) is 1. The highest BCUT2D eigenvalue weighted by Crippen LogP contribution is 2.71. The van der Waals surface area contributed by atoms with Gasteiger partial charge in [0.1, 0.15) is 5.67 Å². The van der Waals surface area contributed by atoms with Crippen LogP contribution in [0.2, 0.25) is 0 Å². The highest BCUT2D eigenvalue weighted by molar-refractivity contribution is 5.94. The van der Waals surface area contributed by atoms with Gasteiger partial charge in [-0.2, -0.15) is 4.98 Å². The van der Waals surface area contributed by atoms with Gasteiger partial charge in [0.05, 0.1) is 19.5 Å². The molecule has 7 saturated carbocycles. The maximum atomic E-state index is 14.3. The number of amides is 1. The van der Waals surface area contributed by atoms with Crippen molar-refractivity contribution in [2.45, 2.75) is 94.1 Å². The van der Waals surface area contributed by atoms with E-state index in [1.807, 2.05) is 29.2 Å². The van der Waals surface area contributed by atoms with Crippen molar-refractivity contribution in [3.05, 3.63) is 48.4 Å². The standard InChI is InChI=1S/C32H36FN5O3/c1-40-24-15-34-26(35-16-24)22-3-2-4-23(13-22)38(25(39)14-30-17-32(33,18-30)19-30)20-29-7-10-31(11-8-29,12-9-29)28-36-27(37-41-28)21-5-6-21/h2-4,13,15-16,21H,5-12,14,17-20H2,1H3. The number of rotatable bonds is 9. The molecular formula is C32H36FN5O3. The van der Waals surface area contributed by atoms with Crippen molar-refractivity contribution in [2.24, 2.45) is 10.8 Å². The van der Waals surface area contributed by atoms with E-state index in [0.717, 1.165) is 61.5 Å². The van der Waals surface area contributed by atoms with Crippen LogP contribution in [0.5, 0.6) is 5.75 Å². The first-order valence-corrected chi connectivity index (χ1v) is 15.1. The second-order valence-corrected chi connectivity index (χ2v) is 13.8. The Morgan fingerprint density at radius 2 is 1.76 bits per heavy atom. The molecular weight excluding hydrogens is 521 g/mol. The van der Waals surface area contributed by atoms with Crippen LogP contribution in [0.15, 0.2) is 41.2 Å². The Morgan fingerprint density at radius 1 is 1.05 bits per heavy atom. The average Bonchev–Trinajstić information content (AvgIpc) is 3.71. The number of anilines is 1. The molecule has 3 aromatic rings. The first-order valence-electron chi connectivity index (χ1n) is 15.1. The zero-order valence-electron chi connectivity index (χ0n) is 23.6. The summed E-state index contributed by atoms with van der Waals surface area (Å²) < 4.78 is 25.4. The van der Waals surface area contributed by atoms with Gasteiger partial charge in [-0.15, -0.1) is 0 Å². The highest BCUT2D eigenvalue weighted by atomic mass is 19.1. The molecule has 2 aromatic heterocycles. The minimum atomic E-state index is -1.01. The van der Waals surface area contributed by atoms with Crippen LogP contribution in [0, 0.1) is 10.8 Å². The number of nitrogens with zero attached hydrogens (tertiary/aromatic N) is 5. The van der Waals surface area contributed by atoms with Crippen LogP contribution in [0.3, 0.4) is 0 Å². The second kappa shape index (κ2) is 8.82. The maximum Gasteiger partial charge on any atom is 0.232 e. The normalized spacial score (nSPS) is 33.1. The monoisotopic (exact) mass is 557 g/mol. The summed E-state index contributed by atoms with van der Waals surface area (Å²) in [6.45, 7) is 0.669. The van der Waals surface area contributed by atoms with E-state index in [0.29, 0.717) is 49.7 Å². The van der Waals surface area contributed by atoms with Gasteiger partial charge in [0.2, 0.25) is 11.8 Å². The fraction of sp³-hybridized carbons (Fsp3) is 0.594. The lowest BCUT2D eigenvalue weighted by Crippen LogP contribution is -2.65. The van der Waals surface area contributed by atoms with Gasteiger partial charge in [0.25, 0.3) is 0 Å². The van der Waals surface area contributed by atoms with E-state index in [-0.39, 0.29) is 22.2 Å². The quantitative estimate of drug-likeness (QED) is 0.304. The van der Waals surface area contributed by atoms with E-state index in [1.165, 1.54) is 12.8 Å². The van der Waals surface area contributed by atoms with Gasteiger partial charge in [0, 0.05) is 35.5 Å². The van der Waals surface area contributed by atoms with Gasteiger partial charge in [-0.3, -0.25) is 4.79 Å². The molecule has 7 aliphatic rings. The number of benzene rings is 1. The molecule has 10 rings (SSSR count). The van der Waals surface area contributed by atoms with Gasteiger partial charge in [-0.05, 0) is 93.6 Å². The van der Waals surface area contributed by atoms with Gasteiger partial charge in [0.15, 0.2) is 17.4 Å². The van der Waals surface area contributed by atoms with E-state index in [4.69, 9.17) is 14.2 Å². The molecule has 1 aromatic carbocycles. The molecule has 7 fully saturated rings. The van der Waals surface area contributed by atoms with Crippen LogP contribution in [0.25, 0.3) is 11.4 Å². The molecule has 2 heterocycles. The Hall–Kier alpha value is -3.36. The third-order valence-electron chi connectivity index (χ3n) is 10.9. The molecule has 9 heteroatoms. The number of aromatic nitrogens is 4. The minimum absolute atomic E-state index is 0.0242. The molecule has 0 spiro atoms. The first kappa shape index (κ1) is 25.4. The lowest BCUT2D eigenvalue weighted by Gasteiger charge is -2.66. The maximum absolute atomic E-state index is 14.3. The van der Waals surface area contributed by atoms with E-state index >= 15 is 0 Å². The molecule has 0 N–H and O–H groups in total. The number of carbonyl (C=O) groups excluding carboxylic acids is 1. The van der Waals surface area contributed by atoms with Crippen LogP contribution in [-0.2, 0) is 10.2 Å². The van der Waals surface area contributed by atoms with Gasteiger partial charge < -0.3 is 14.2 Å². The summed E-state index contributed by atoms with van der Waals surface area (Å²) in [5.41, 5.74) is 0.566. The summed E-state index contributed by atoms with van der Waals surface area (Å²) in [7, 11) is 1.59. The van der Waals surface area contributed by atoms with E-state index in [2.05, 4.69) is 15.1 Å². The number of alkyl halides is 1. The molecule has 7 aliphatic carbocycles. The number of fused-ring (bicyclic) bond motifs is 3. The largest absolute Gasteiger partial charge is 0.494 e. The van der Waals surface area contributed by atoms with E-state index in [1.54, 1.807) is 19.5 Å². The predicted molar refractivity (Wildman–Crippen MR) is 149 cm³/mol. The van der Waals surface area contributed by atoms with Crippen LogP contribution in [0.4, 0.5) is 10.1 Å². The molecule has 0 atom stereocenters. The van der Waals surface area contributed by atoms with E-state index in [9.17, 15) is 9.18 Å². The smallest absolute Gasteiger partial charge is 0.232 e. The molecule has 214 valence electrons. The number of halogens is 1. The summed E-state index contributed by atoms with van der Waals surface area (Å²) >= 11 is 0. The Bertz CT molecular complexity index is 1450. The topological polar surface area (TPSA) is 94.2 Å². The lowest BCUT2D eigenvalue weighted by atomic mass is 9.41. The van der Waals surface area contributed by atoms with Crippen LogP contribution in [-0.4, -0.2) is 45.3 Å². The molecule has 0 saturated heterocycles. The Morgan fingerprint density at radius 3 is 2.39 bits per heavy atom. The zero-order valence-corrected chi connectivity index (χ0v) is 23.6. The molecule has 4 bridgehead atoms. The van der Waals surface area contributed by atoms with Gasteiger partial charge in [-0.25, -0.2) is 14.4 Å². The van der Waals surface area contributed by atoms with Crippen molar-refractivity contribution >= 4 is 11.6 Å². The first-order chi connectivity index (χ1) is 19.8. The van der Waals surface area contributed by atoms with Crippen molar-refractivity contribution in [1.82, 2.24) is 20.1 Å². The summed E-state index contributed by atoms with van der Waals surface area (Å²) in [6.07, 6.45) is 13.7. The number of carbonyl (C=O) groups is 1. The predicted octanol–water partition coefficient (Wildman–Crippen LogP) is 6.32. The molecule has 0 radical (unpaired) electrons. The summed E-state index contributed by atoms with van der Waals surface area (Å²) in [4.78, 5) is 29.8. The summed E-state index contributed by atoms with van der Waals surface area (Å²) in [5.74, 6) is 3.49. The Kier molecular flexibility index (Phi) is 5.46. The third kappa shape index (κ3) is 4.26. The molecule has 0 aliphatic heterocycles. The Labute approximate surface area is 239 Å². The van der Waals surface area contributed by atoms with Crippen LogP contribution >= 0.6 is 0 Å². The van der Waals surface area contributed by atoms with Crippen LogP contribution in [0.1, 0.15) is 94.7 Å². The van der Waals surface area contributed by atoms with Gasteiger partial charge >= 0.3 is 0 Å². The second-order valence-electron chi connectivity index (χ2n) is 13.8. The number of hydrogen-bond donors (Lipinski definition) is 0. The lowest BCUT2D eigenvalue weighted by molar-refractivity contribution is -0.215. The third-order valence-corrected chi connectivity index (χ3v) is 10.9. The van der Waals surface area contributed by atoms with Crippen molar-refractivity contribution in [2.75, 3.05) is 18.6 Å². The van der Waals surface area contributed by atoms with E-state index < -0.39 is 5.67 Å². The SMILES string of the molecule is COc1cnc(-c2cccc(N(CC34CCC(c5nc(C6CC6)no5)(CC3)CC4)C(=O)CC34CC(F)(C3)C4)c2)nc1. The van der Waals surface area contributed by atoms with Crippen molar-refractivity contribution in [3.8, 4) is 17.1 Å². The minimum Gasteiger partial charge on any atom is -0.494 e. The molecule has 41 heavy (non-hydrogen) atoms. The fourth-order valence-electron chi connectivity index (χ4n) is 8.29. The average molecular weight is 558 g/mol. The summed E-state index contributed by atoms with van der Waals surface area (Å²) in [5, 5.41) is 4.31.